The smallest absolute Gasteiger partial charge is 0.336 e. The molecule has 3 rings (SSSR count). The molecule has 0 saturated heterocycles. The average Bonchev–Trinajstić information content (AvgIpc) is 2.79. The minimum Gasteiger partial charge on any atom is -0.423 e. The predicted molar refractivity (Wildman–Crippen MR) is 74.8 cm³/mol. The van der Waals surface area contributed by atoms with Crippen LogP contribution in [0.5, 0.6) is 0 Å². The van der Waals surface area contributed by atoms with Gasteiger partial charge >= 0.3 is 5.97 Å². The van der Waals surface area contributed by atoms with Crippen molar-refractivity contribution in [2.24, 2.45) is 0 Å². The monoisotopic (exact) mass is 284 g/mol. The van der Waals surface area contributed by atoms with Crippen LogP contribution in [0.25, 0.3) is 11.6 Å². The summed E-state index contributed by atoms with van der Waals surface area (Å²) in [4.78, 5) is 11.5. The van der Waals surface area contributed by atoms with Crippen molar-refractivity contribution in [1.82, 2.24) is 0 Å². The summed E-state index contributed by atoms with van der Waals surface area (Å²) in [6.07, 6.45) is 2.84. The topological polar surface area (TPSA) is 26.3 Å². The maximum Gasteiger partial charge on any atom is 0.336 e. The molecule has 104 valence electrons. The zero-order chi connectivity index (χ0) is 14.8. The number of halogens is 2. The van der Waals surface area contributed by atoms with Gasteiger partial charge in [0.2, 0.25) is 0 Å². The maximum absolute atomic E-state index is 13.3. The third-order valence-corrected chi connectivity index (χ3v) is 3.02. The van der Waals surface area contributed by atoms with Crippen LogP contribution < -0.4 is 0 Å². The first kappa shape index (κ1) is 13.2. The third kappa shape index (κ3) is 2.89. The van der Waals surface area contributed by atoms with E-state index in [1.54, 1.807) is 30.3 Å². The molecule has 21 heavy (non-hydrogen) atoms. The van der Waals surface area contributed by atoms with E-state index in [9.17, 15) is 13.6 Å². The lowest BCUT2D eigenvalue weighted by Gasteiger charge is -2.05. The summed E-state index contributed by atoms with van der Waals surface area (Å²) in [5, 5.41) is 0. The first-order chi connectivity index (χ1) is 10.1. The fraction of sp³-hybridized carbons (Fsp3) is 0. The Bertz CT molecular complexity index is 776. The van der Waals surface area contributed by atoms with Crippen molar-refractivity contribution in [3.63, 3.8) is 0 Å². The number of ether oxygens (including phenoxy) is 1. The van der Waals surface area contributed by atoms with E-state index in [1.807, 2.05) is 0 Å². The zero-order valence-corrected chi connectivity index (χ0v) is 10.8. The van der Waals surface area contributed by atoms with E-state index in [-0.39, 0.29) is 11.6 Å². The molecule has 0 aromatic heterocycles. The fourth-order valence-electron chi connectivity index (χ4n) is 2.12. The van der Waals surface area contributed by atoms with Crippen molar-refractivity contribution in [2.45, 2.75) is 0 Å². The first-order valence-corrected chi connectivity index (χ1v) is 6.29. The Labute approximate surface area is 120 Å². The molecule has 0 atom stereocenters. The molecule has 1 heterocycles. The second-order valence-electron chi connectivity index (χ2n) is 4.55. The molecular weight excluding hydrogens is 274 g/mol. The molecule has 0 aliphatic carbocycles. The van der Waals surface area contributed by atoms with Gasteiger partial charge in [-0.15, -0.1) is 0 Å². The summed E-state index contributed by atoms with van der Waals surface area (Å²) in [7, 11) is 0. The van der Waals surface area contributed by atoms with Crippen molar-refractivity contribution < 1.29 is 18.3 Å². The van der Waals surface area contributed by atoms with Gasteiger partial charge in [-0.1, -0.05) is 24.3 Å². The molecule has 2 nitrogen and oxygen atoms in total. The molecule has 1 aliphatic rings. The Hall–Kier alpha value is -2.75. The summed E-state index contributed by atoms with van der Waals surface area (Å²) in [5.41, 5.74) is 1.56. The van der Waals surface area contributed by atoms with E-state index in [1.165, 1.54) is 30.3 Å². The molecule has 0 N–H and O–H groups in total. The SMILES string of the molecule is O=C1C=C(c2cccc(F)c2)/C(=C/c2cccc(F)c2)O1. The van der Waals surface area contributed by atoms with Crippen molar-refractivity contribution in [3.8, 4) is 0 Å². The lowest BCUT2D eigenvalue weighted by atomic mass is 10.0. The van der Waals surface area contributed by atoms with Gasteiger partial charge in [0.25, 0.3) is 0 Å². The highest BCUT2D eigenvalue weighted by molar-refractivity contribution is 6.03. The van der Waals surface area contributed by atoms with Crippen molar-refractivity contribution in [2.75, 3.05) is 0 Å². The van der Waals surface area contributed by atoms with Crippen LogP contribution in [-0.4, -0.2) is 5.97 Å². The third-order valence-electron chi connectivity index (χ3n) is 3.02. The number of allylic oxidation sites excluding steroid dienone is 1. The van der Waals surface area contributed by atoms with E-state index in [2.05, 4.69) is 0 Å². The molecule has 2 aromatic rings. The van der Waals surface area contributed by atoms with Gasteiger partial charge in [-0.3, -0.25) is 0 Å². The quantitative estimate of drug-likeness (QED) is 0.781. The van der Waals surface area contributed by atoms with Crippen LogP contribution >= 0.6 is 0 Å². The highest BCUT2D eigenvalue weighted by Gasteiger charge is 2.21. The minimum atomic E-state index is -0.531. The van der Waals surface area contributed by atoms with Gasteiger partial charge in [-0.25, -0.2) is 13.6 Å². The molecule has 0 unspecified atom stereocenters. The lowest BCUT2D eigenvalue weighted by molar-refractivity contribution is -0.132. The average molecular weight is 284 g/mol. The zero-order valence-electron chi connectivity index (χ0n) is 10.8. The summed E-state index contributed by atoms with van der Waals surface area (Å²) in [6, 6.07) is 11.7. The number of carbonyl (C=O) groups excluding carboxylic acids is 1. The van der Waals surface area contributed by atoms with Crippen molar-refractivity contribution >= 4 is 17.6 Å². The molecule has 2 aromatic carbocycles. The molecule has 1 aliphatic heterocycles. The molecule has 0 amide bonds. The number of hydrogen-bond donors (Lipinski definition) is 0. The largest absolute Gasteiger partial charge is 0.423 e. The van der Waals surface area contributed by atoms with E-state index in [4.69, 9.17) is 4.74 Å². The highest BCUT2D eigenvalue weighted by Crippen LogP contribution is 2.31. The van der Waals surface area contributed by atoms with E-state index in [0.29, 0.717) is 16.7 Å². The Morgan fingerprint density at radius 2 is 1.67 bits per heavy atom. The molecule has 0 fully saturated rings. The number of carbonyl (C=O) groups is 1. The van der Waals surface area contributed by atoms with Gasteiger partial charge in [-0.2, -0.15) is 0 Å². The molecule has 0 spiro atoms. The number of esters is 1. The van der Waals surface area contributed by atoms with Gasteiger partial charge in [-0.05, 0) is 41.5 Å². The fourth-order valence-corrected chi connectivity index (χ4v) is 2.12. The second kappa shape index (κ2) is 5.32. The summed E-state index contributed by atoms with van der Waals surface area (Å²) >= 11 is 0. The molecular formula is C17H10F2O2. The number of cyclic esters (lactones) is 1. The molecule has 4 heteroatoms. The normalized spacial score (nSPS) is 16.0. The van der Waals surface area contributed by atoms with Crippen LogP contribution in [0.2, 0.25) is 0 Å². The van der Waals surface area contributed by atoms with Crippen molar-refractivity contribution in [1.29, 1.82) is 0 Å². The minimum absolute atomic E-state index is 0.274. The standard InChI is InChI=1S/C17H10F2O2/c18-13-5-1-3-11(7-13)8-16-15(10-17(20)21-16)12-4-2-6-14(19)9-12/h1-10H/b16-8-. The van der Waals surface area contributed by atoms with E-state index >= 15 is 0 Å². The van der Waals surface area contributed by atoms with E-state index in [0.717, 1.165) is 0 Å². The van der Waals surface area contributed by atoms with Gasteiger partial charge < -0.3 is 4.74 Å². The maximum atomic E-state index is 13.3. The van der Waals surface area contributed by atoms with Gasteiger partial charge in [0.05, 0.1) is 0 Å². The van der Waals surface area contributed by atoms with Gasteiger partial charge in [0.15, 0.2) is 0 Å². The van der Waals surface area contributed by atoms with Crippen LogP contribution in [0, 0.1) is 11.6 Å². The molecule has 0 radical (unpaired) electrons. The Kier molecular flexibility index (Phi) is 3.36. The molecule has 0 saturated carbocycles. The Balaban J connectivity index is 2.03. The van der Waals surface area contributed by atoms with Crippen LogP contribution in [0.3, 0.4) is 0 Å². The van der Waals surface area contributed by atoms with Crippen LogP contribution in [0.1, 0.15) is 11.1 Å². The van der Waals surface area contributed by atoms with Crippen LogP contribution in [-0.2, 0) is 9.53 Å². The van der Waals surface area contributed by atoms with Gasteiger partial charge in [0, 0.05) is 11.6 Å². The second-order valence-corrected chi connectivity index (χ2v) is 4.55. The summed E-state index contributed by atoms with van der Waals surface area (Å²) < 4.78 is 31.6. The van der Waals surface area contributed by atoms with Crippen LogP contribution in [0.15, 0.2) is 60.4 Å². The van der Waals surface area contributed by atoms with Gasteiger partial charge in [0.1, 0.15) is 17.4 Å². The number of hydrogen-bond acceptors (Lipinski definition) is 2. The number of benzene rings is 2. The molecule has 0 bridgehead atoms. The number of rotatable bonds is 2. The summed E-state index contributed by atoms with van der Waals surface area (Å²) in [5.74, 6) is -1.05. The Morgan fingerprint density at radius 1 is 0.952 bits per heavy atom. The van der Waals surface area contributed by atoms with E-state index < -0.39 is 11.8 Å². The van der Waals surface area contributed by atoms with Crippen LogP contribution in [0.4, 0.5) is 8.78 Å². The highest BCUT2D eigenvalue weighted by atomic mass is 19.1. The Morgan fingerprint density at radius 3 is 2.38 bits per heavy atom. The van der Waals surface area contributed by atoms with Crippen molar-refractivity contribution in [3.05, 3.63) is 83.1 Å². The predicted octanol–water partition coefficient (Wildman–Crippen LogP) is 3.95. The summed E-state index contributed by atoms with van der Waals surface area (Å²) in [6.45, 7) is 0. The first-order valence-electron chi connectivity index (χ1n) is 6.29. The lowest BCUT2D eigenvalue weighted by Crippen LogP contribution is -1.92.